The number of hydrogen-bond donors (Lipinski definition) is 2. The molecular formula is C16H21ClFN5O2. The third kappa shape index (κ3) is 2.96. The number of aliphatic hydroxyl groups is 1. The number of fused-ring (bicyclic) bond motifs is 1. The maximum atomic E-state index is 14.7. The first kappa shape index (κ1) is 16.9. The van der Waals surface area contributed by atoms with E-state index in [1.54, 1.807) is 11.5 Å². The quantitative estimate of drug-likeness (QED) is 0.806. The summed E-state index contributed by atoms with van der Waals surface area (Å²) in [5, 5.41) is 12.8. The second-order valence-corrected chi connectivity index (χ2v) is 7.18. The Hall–Kier alpha value is -1.51. The first-order valence-electron chi connectivity index (χ1n) is 8.65. The Morgan fingerprint density at radius 1 is 1.40 bits per heavy atom. The fourth-order valence-corrected chi connectivity index (χ4v) is 3.88. The van der Waals surface area contributed by atoms with Crippen molar-refractivity contribution in [1.29, 1.82) is 0 Å². The van der Waals surface area contributed by atoms with Crippen LogP contribution in [-0.2, 0) is 4.74 Å². The van der Waals surface area contributed by atoms with Crippen molar-refractivity contribution in [2.24, 2.45) is 5.92 Å². The minimum absolute atomic E-state index is 0.0786. The summed E-state index contributed by atoms with van der Waals surface area (Å²) in [7, 11) is 0. The van der Waals surface area contributed by atoms with Gasteiger partial charge in [-0.15, -0.1) is 0 Å². The summed E-state index contributed by atoms with van der Waals surface area (Å²) in [5.41, 5.74) is 0.978. The first-order chi connectivity index (χ1) is 12.1. The van der Waals surface area contributed by atoms with Gasteiger partial charge in [0.25, 0.3) is 0 Å². The third-order valence-electron chi connectivity index (χ3n) is 5.22. The van der Waals surface area contributed by atoms with Crippen LogP contribution in [0, 0.1) is 5.92 Å². The fourth-order valence-electron chi connectivity index (χ4n) is 3.71. The van der Waals surface area contributed by atoms with Gasteiger partial charge < -0.3 is 15.2 Å². The molecule has 0 aromatic carbocycles. The van der Waals surface area contributed by atoms with E-state index in [0.717, 1.165) is 12.8 Å². The second kappa shape index (κ2) is 6.66. The highest BCUT2D eigenvalue weighted by Gasteiger charge is 2.43. The maximum absolute atomic E-state index is 14.7. The van der Waals surface area contributed by atoms with Crippen LogP contribution in [0.25, 0.3) is 11.2 Å². The van der Waals surface area contributed by atoms with Crippen LogP contribution < -0.4 is 5.32 Å². The van der Waals surface area contributed by atoms with Gasteiger partial charge in [-0.2, -0.15) is 9.97 Å². The minimum Gasteiger partial charge on any atom is -0.394 e. The van der Waals surface area contributed by atoms with Crippen LogP contribution in [0.3, 0.4) is 0 Å². The summed E-state index contributed by atoms with van der Waals surface area (Å²) in [5.74, 6) is 0.154. The highest BCUT2D eigenvalue weighted by molar-refractivity contribution is 6.28. The van der Waals surface area contributed by atoms with E-state index in [1.165, 1.54) is 19.2 Å². The van der Waals surface area contributed by atoms with Crippen molar-refractivity contribution < 1.29 is 14.2 Å². The summed E-state index contributed by atoms with van der Waals surface area (Å²) in [6.45, 7) is 1.49. The molecule has 2 aromatic rings. The van der Waals surface area contributed by atoms with Crippen molar-refractivity contribution in [2.45, 2.75) is 57.2 Å². The molecule has 2 aromatic heterocycles. The SMILES string of the molecule is C[C@H]1[C@H](F)[C@H](n2cnc3c(NC4CCCC4)nc(Cl)nc32)O[C@@H]1CO. The van der Waals surface area contributed by atoms with E-state index >= 15 is 0 Å². The summed E-state index contributed by atoms with van der Waals surface area (Å²) in [6, 6.07) is 0.342. The number of ether oxygens (including phenoxy) is 1. The van der Waals surface area contributed by atoms with Crippen LogP contribution in [0.15, 0.2) is 6.33 Å². The summed E-state index contributed by atoms with van der Waals surface area (Å²) in [6.07, 6.45) is 3.33. The average Bonchev–Trinajstić information content (AvgIpc) is 3.29. The number of anilines is 1. The Morgan fingerprint density at radius 2 is 2.16 bits per heavy atom. The van der Waals surface area contributed by atoms with Crippen molar-refractivity contribution in [3.8, 4) is 0 Å². The lowest BCUT2D eigenvalue weighted by molar-refractivity contribution is -0.0378. The molecule has 2 N–H and O–H groups in total. The molecular weight excluding hydrogens is 349 g/mol. The Morgan fingerprint density at radius 3 is 2.84 bits per heavy atom. The van der Waals surface area contributed by atoms with E-state index in [9.17, 15) is 9.50 Å². The van der Waals surface area contributed by atoms with E-state index in [-0.39, 0.29) is 11.9 Å². The number of rotatable bonds is 4. The molecule has 3 heterocycles. The van der Waals surface area contributed by atoms with Crippen LogP contribution in [-0.4, -0.2) is 49.5 Å². The number of alkyl halides is 1. The largest absolute Gasteiger partial charge is 0.394 e. The average molecular weight is 370 g/mol. The molecule has 1 saturated carbocycles. The number of aliphatic hydroxyl groups excluding tert-OH is 1. The van der Waals surface area contributed by atoms with Crippen molar-refractivity contribution in [3.05, 3.63) is 11.6 Å². The van der Waals surface area contributed by atoms with Gasteiger partial charge in [0.2, 0.25) is 5.28 Å². The maximum Gasteiger partial charge on any atom is 0.226 e. The molecule has 4 rings (SSSR count). The van der Waals surface area contributed by atoms with Crippen LogP contribution in [0.4, 0.5) is 10.2 Å². The van der Waals surface area contributed by atoms with Gasteiger partial charge in [-0.25, -0.2) is 9.37 Å². The van der Waals surface area contributed by atoms with Gasteiger partial charge in [0.05, 0.1) is 19.0 Å². The molecule has 0 unspecified atom stereocenters. The molecule has 0 bridgehead atoms. The number of aromatic nitrogens is 4. The molecule has 1 aliphatic heterocycles. The van der Waals surface area contributed by atoms with E-state index < -0.39 is 24.4 Å². The van der Waals surface area contributed by atoms with Gasteiger partial charge >= 0.3 is 0 Å². The second-order valence-electron chi connectivity index (χ2n) is 6.84. The minimum atomic E-state index is -1.27. The predicted molar refractivity (Wildman–Crippen MR) is 91.3 cm³/mol. The molecule has 9 heteroatoms. The molecule has 25 heavy (non-hydrogen) atoms. The molecule has 0 amide bonds. The number of nitrogens with one attached hydrogen (secondary N) is 1. The zero-order valence-corrected chi connectivity index (χ0v) is 14.7. The van der Waals surface area contributed by atoms with E-state index in [2.05, 4.69) is 20.3 Å². The lowest BCUT2D eigenvalue weighted by atomic mass is 10.0. The van der Waals surface area contributed by atoms with Crippen molar-refractivity contribution >= 4 is 28.6 Å². The van der Waals surface area contributed by atoms with Gasteiger partial charge in [-0.05, 0) is 24.4 Å². The van der Waals surface area contributed by atoms with Gasteiger partial charge in [0.1, 0.15) is 0 Å². The van der Waals surface area contributed by atoms with Gasteiger partial charge in [0.15, 0.2) is 29.4 Å². The molecule has 4 atom stereocenters. The molecule has 136 valence electrons. The zero-order chi connectivity index (χ0) is 17.6. The standard InChI is InChI=1S/C16H21ClFN5O2/c1-8-10(6-24)25-15(11(8)18)23-7-19-12-13(20-9-4-2-3-5-9)21-16(17)22-14(12)23/h7-11,15,24H,2-6H2,1H3,(H,20,21,22)/t8-,10-,11+,15-/m1/s1. The van der Waals surface area contributed by atoms with E-state index in [4.69, 9.17) is 16.3 Å². The lowest BCUT2D eigenvalue weighted by Crippen LogP contribution is -2.22. The normalized spacial score (nSPS) is 30.4. The molecule has 7 nitrogen and oxygen atoms in total. The Balaban J connectivity index is 1.70. The van der Waals surface area contributed by atoms with Crippen molar-refractivity contribution in [2.75, 3.05) is 11.9 Å². The van der Waals surface area contributed by atoms with Crippen LogP contribution in [0.5, 0.6) is 0 Å². The molecule has 2 aliphatic rings. The summed E-state index contributed by atoms with van der Waals surface area (Å²) >= 11 is 6.09. The van der Waals surface area contributed by atoms with Gasteiger partial charge in [-0.1, -0.05) is 19.8 Å². The molecule has 1 aliphatic carbocycles. The predicted octanol–water partition coefficient (Wildman–Crippen LogP) is 2.70. The third-order valence-corrected chi connectivity index (χ3v) is 5.39. The number of hydrogen-bond acceptors (Lipinski definition) is 6. The monoisotopic (exact) mass is 369 g/mol. The van der Waals surface area contributed by atoms with Crippen LogP contribution in [0.2, 0.25) is 5.28 Å². The fraction of sp³-hybridized carbons (Fsp3) is 0.688. The molecule has 1 saturated heterocycles. The van der Waals surface area contributed by atoms with Crippen molar-refractivity contribution in [3.63, 3.8) is 0 Å². The van der Waals surface area contributed by atoms with E-state index in [1.807, 2.05) is 0 Å². The first-order valence-corrected chi connectivity index (χ1v) is 9.03. The lowest BCUT2D eigenvalue weighted by Gasteiger charge is -2.16. The van der Waals surface area contributed by atoms with E-state index in [0.29, 0.717) is 23.0 Å². The number of nitrogens with zero attached hydrogens (tertiary/aromatic N) is 4. The summed E-state index contributed by atoms with van der Waals surface area (Å²) < 4.78 is 21.9. The zero-order valence-electron chi connectivity index (χ0n) is 13.9. The highest BCUT2D eigenvalue weighted by atomic mass is 35.5. The van der Waals surface area contributed by atoms with Gasteiger partial charge in [0, 0.05) is 12.0 Å². The van der Waals surface area contributed by atoms with Crippen LogP contribution in [0.1, 0.15) is 38.8 Å². The smallest absolute Gasteiger partial charge is 0.226 e. The van der Waals surface area contributed by atoms with Crippen LogP contribution >= 0.6 is 11.6 Å². The Bertz CT molecular complexity index is 766. The topological polar surface area (TPSA) is 85.1 Å². The molecule has 0 radical (unpaired) electrons. The molecule has 2 fully saturated rings. The Kier molecular flexibility index (Phi) is 4.51. The Labute approximate surface area is 149 Å². The number of imidazole rings is 1. The number of halogens is 2. The highest BCUT2D eigenvalue weighted by Crippen LogP contribution is 2.38. The van der Waals surface area contributed by atoms with Crippen molar-refractivity contribution in [1.82, 2.24) is 19.5 Å². The summed E-state index contributed by atoms with van der Waals surface area (Å²) in [4.78, 5) is 12.9. The van der Waals surface area contributed by atoms with Gasteiger partial charge in [-0.3, -0.25) is 4.57 Å². The molecule has 0 spiro atoms.